The smallest absolute Gasteiger partial charge is 0.394 e. The number of hydrogen-bond donors (Lipinski definition) is 6. The van der Waals surface area contributed by atoms with E-state index in [-0.39, 0.29) is 32.5 Å². The summed E-state index contributed by atoms with van der Waals surface area (Å²) in [7, 11) is -4.84. The molecule has 288 valence electrons. The van der Waals surface area contributed by atoms with E-state index in [9.17, 15) is 39.8 Å². The van der Waals surface area contributed by atoms with Crippen molar-refractivity contribution in [1.82, 2.24) is 0 Å². The maximum Gasteiger partial charge on any atom is 0.697 e. The third-order valence-electron chi connectivity index (χ3n) is 8.11. The van der Waals surface area contributed by atoms with Crippen molar-refractivity contribution in [2.45, 2.75) is 128 Å². The Kier molecular flexibility index (Phi) is 22.6. The molecular weight excluding hydrogens is 694 g/mol. The number of ether oxygens (including phenoxy) is 5. The first-order valence-electron chi connectivity index (χ1n) is 17.0. The highest BCUT2D eigenvalue weighted by molar-refractivity contribution is 7.33. The first-order chi connectivity index (χ1) is 23.4. The van der Waals surface area contributed by atoms with E-state index in [1.54, 1.807) is 13.8 Å². The summed E-state index contributed by atoms with van der Waals surface area (Å²) in [6.07, 6.45) is -4.79. The molecule has 2 aliphatic heterocycles. The van der Waals surface area contributed by atoms with Gasteiger partial charge >= 0.3 is 16.5 Å². The molecule has 0 radical (unpaired) electrons. The van der Waals surface area contributed by atoms with E-state index in [0.717, 1.165) is 0 Å². The topological polar surface area (TPSA) is 239 Å². The highest BCUT2D eigenvalue weighted by Gasteiger charge is 2.43. The van der Waals surface area contributed by atoms with Crippen molar-refractivity contribution < 1.29 is 81.5 Å². The molecule has 17 nitrogen and oxygen atoms in total. The highest BCUT2D eigenvalue weighted by atomic mass is 31.1. The maximum absolute atomic E-state index is 12.2. The SMILES string of the molecule is CC(C)OC(CO[P+](=O)OCCCCCOC1OC(CO)C(O)C(O)C1C)CO[P+](=O)OCCCCCOC1OC(CO)C(O)C(O)C1C. The molecule has 12 unspecified atom stereocenters. The van der Waals surface area contributed by atoms with Crippen molar-refractivity contribution in [1.29, 1.82) is 0 Å². The zero-order chi connectivity index (χ0) is 36.3. The van der Waals surface area contributed by atoms with Crippen molar-refractivity contribution in [3.05, 3.63) is 0 Å². The van der Waals surface area contributed by atoms with E-state index in [1.807, 2.05) is 13.8 Å². The molecule has 0 bridgehead atoms. The zero-order valence-electron chi connectivity index (χ0n) is 28.9. The van der Waals surface area contributed by atoms with E-state index in [4.69, 9.17) is 41.8 Å². The van der Waals surface area contributed by atoms with E-state index >= 15 is 0 Å². The molecule has 49 heavy (non-hydrogen) atoms. The van der Waals surface area contributed by atoms with Crippen LogP contribution in [0.1, 0.15) is 66.2 Å². The number of aliphatic hydroxyl groups is 6. The fraction of sp³-hybridized carbons (Fsp3) is 1.00. The van der Waals surface area contributed by atoms with Gasteiger partial charge in [0.25, 0.3) is 0 Å². The monoisotopic (exact) mass is 752 g/mol. The molecule has 2 aliphatic rings. The number of unbranched alkanes of at least 4 members (excludes halogenated alkanes) is 4. The van der Waals surface area contributed by atoms with Crippen molar-refractivity contribution >= 4 is 16.5 Å². The summed E-state index contributed by atoms with van der Waals surface area (Å²) in [6, 6.07) is 0. The van der Waals surface area contributed by atoms with Gasteiger partial charge in [0.15, 0.2) is 12.6 Å². The van der Waals surface area contributed by atoms with Gasteiger partial charge in [0.2, 0.25) is 0 Å². The Balaban J connectivity index is 1.52. The van der Waals surface area contributed by atoms with Crippen LogP contribution in [0.4, 0.5) is 0 Å². The van der Waals surface area contributed by atoms with Crippen LogP contribution in [0.5, 0.6) is 0 Å². The number of rotatable bonds is 26. The number of hydrogen-bond acceptors (Lipinski definition) is 17. The van der Waals surface area contributed by atoms with Gasteiger partial charge in [-0.05, 0) is 52.4 Å². The van der Waals surface area contributed by atoms with Crippen LogP contribution >= 0.6 is 16.5 Å². The summed E-state index contributed by atoms with van der Waals surface area (Å²) in [4.78, 5) is 0. The third-order valence-corrected chi connectivity index (χ3v) is 9.61. The Bertz CT molecular complexity index is 850. The van der Waals surface area contributed by atoms with Crippen LogP contribution in [0.25, 0.3) is 0 Å². The third kappa shape index (κ3) is 16.4. The molecule has 12 atom stereocenters. The molecule has 6 N–H and O–H groups in total. The van der Waals surface area contributed by atoms with E-state index in [1.165, 1.54) is 0 Å². The first-order valence-corrected chi connectivity index (χ1v) is 19.2. The fourth-order valence-electron chi connectivity index (χ4n) is 5.13. The zero-order valence-corrected chi connectivity index (χ0v) is 30.7. The lowest BCUT2D eigenvalue weighted by atomic mass is 9.92. The molecule has 0 amide bonds. The Morgan fingerprint density at radius 2 is 0.980 bits per heavy atom. The van der Waals surface area contributed by atoms with Gasteiger partial charge in [0.05, 0.1) is 31.5 Å². The molecule has 19 heteroatoms. The summed E-state index contributed by atoms with van der Waals surface area (Å²) in [6.45, 7) is 6.96. The highest BCUT2D eigenvalue weighted by Crippen LogP contribution is 2.30. The van der Waals surface area contributed by atoms with Gasteiger partial charge in [-0.1, -0.05) is 13.8 Å². The predicted octanol–water partition coefficient (Wildman–Crippen LogP) is 1.69. The minimum atomic E-state index is -2.42. The van der Waals surface area contributed by atoms with Crippen LogP contribution in [-0.4, -0.2) is 145 Å². The summed E-state index contributed by atoms with van der Waals surface area (Å²) < 4.78 is 73.6. The van der Waals surface area contributed by atoms with Crippen LogP contribution in [-0.2, 0) is 50.9 Å². The van der Waals surface area contributed by atoms with Gasteiger partial charge in [0, 0.05) is 34.2 Å². The number of aliphatic hydroxyl groups excluding tert-OH is 6. The fourth-order valence-corrected chi connectivity index (χ4v) is 6.42. The van der Waals surface area contributed by atoms with Gasteiger partial charge in [-0.15, -0.1) is 18.1 Å². The van der Waals surface area contributed by atoms with Gasteiger partial charge in [-0.25, -0.2) is 0 Å². The molecule has 0 aliphatic carbocycles. The second kappa shape index (κ2) is 24.8. The van der Waals surface area contributed by atoms with Gasteiger partial charge in [0.1, 0.15) is 56.9 Å². The summed E-state index contributed by atoms with van der Waals surface area (Å²) in [5.74, 6) is -0.922. The Morgan fingerprint density at radius 1 is 0.592 bits per heavy atom. The van der Waals surface area contributed by atoms with Gasteiger partial charge < -0.3 is 54.3 Å². The molecule has 0 spiro atoms. The molecule has 2 fully saturated rings. The minimum absolute atomic E-state index is 0.113. The molecule has 0 aromatic carbocycles. The van der Waals surface area contributed by atoms with Crippen molar-refractivity contribution in [2.24, 2.45) is 11.8 Å². The van der Waals surface area contributed by atoms with E-state index < -0.39 is 96.9 Å². The molecule has 2 heterocycles. The lowest BCUT2D eigenvalue weighted by Gasteiger charge is -2.40. The Morgan fingerprint density at radius 3 is 1.35 bits per heavy atom. The lowest BCUT2D eigenvalue weighted by Crippen LogP contribution is -2.55. The van der Waals surface area contributed by atoms with Crippen LogP contribution in [0.15, 0.2) is 0 Å². The lowest BCUT2D eigenvalue weighted by molar-refractivity contribution is -0.282. The molecule has 0 aromatic heterocycles. The van der Waals surface area contributed by atoms with Crippen molar-refractivity contribution in [3.8, 4) is 0 Å². The largest absolute Gasteiger partial charge is 0.697 e. The maximum atomic E-state index is 12.2. The standard InChI is InChI=1S/C30H58O17P2/c1-19(2)45-22(17-43-48(37)41-13-9-5-7-11-39-29-20(3)25(33)27(35)23(15-31)46-29)18-44-49(38)42-14-10-6-8-12-40-30-21(4)26(34)28(36)24(16-32)47-30/h19-36H,5-18H2,1-4H3/q+2. The van der Waals surface area contributed by atoms with E-state index in [0.29, 0.717) is 51.7 Å². The minimum Gasteiger partial charge on any atom is -0.394 e. The Hall–Kier alpha value is -0.400. The predicted molar refractivity (Wildman–Crippen MR) is 172 cm³/mol. The molecule has 2 saturated heterocycles. The molecule has 0 aromatic rings. The van der Waals surface area contributed by atoms with Crippen molar-refractivity contribution in [2.75, 3.05) is 52.9 Å². The van der Waals surface area contributed by atoms with Gasteiger partial charge in [-0.2, -0.15) is 0 Å². The van der Waals surface area contributed by atoms with Crippen LogP contribution in [0.3, 0.4) is 0 Å². The molecular formula is C30H58O17P2+2. The Labute approximate surface area is 290 Å². The molecule has 0 saturated carbocycles. The average Bonchev–Trinajstić information content (AvgIpc) is 3.08. The van der Waals surface area contributed by atoms with Crippen molar-refractivity contribution in [3.63, 3.8) is 0 Å². The summed E-state index contributed by atoms with van der Waals surface area (Å²) in [5, 5.41) is 58.7. The van der Waals surface area contributed by atoms with Crippen LogP contribution in [0, 0.1) is 11.8 Å². The average molecular weight is 753 g/mol. The summed E-state index contributed by atoms with van der Waals surface area (Å²) in [5.41, 5.74) is 0. The van der Waals surface area contributed by atoms with Crippen LogP contribution < -0.4 is 0 Å². The van der Waals surface area contributed by atoms with Crippen LogP contribution in [0.2, 0.25) is 0 Å². The quantitative estimate of drug-likeness (QED) is 0.0544. The second-order valence-corrected chi connectivity index (χ2v) is 14.4. The summed E-state index contributed by atoms with van der Waals surface area (Å²) >= 11 is 0. The molecule has 2 rings (SSSR count). The first kappa shape index (κ1) is 44.8. The normalized spacial score (nSPS) is 32.0. The van der Waals surface area contributed by atoms with Gasteiger partial charge in [-0.3, -0.25) is 0 Å². The second-order valence-electron chi connectivity index (χ2n) is 12.5. The van der Waals surface area contributed by atoms with E-state index in [2.05, 4.69) is 0 Å².